The number of para-hydroxylation sites is 1. The lowest BCUT2D eigenvalue weighted by atomic mass is 10.0. The Hall–Kier alpha value is -2.30. The van der Waals surface area contributed by atoms with Gasteiger partial charge in [-0.25, -0.2) is 0 Å². The van der Waals surface area contributed by atoms with Gasteiger partial charge < -0.3 is 19.1 Å². The Morgan fingerprint density at radius 2 is 1.88 bits per heavy atom. The van der Waals surface area contributed by atoms with E-state index < -0.39 is 6.10 Å². The summed E-state index contributed by atoms with van der Waals surface area (Å²) < 4.78 is 12.9. The maximum atomic E-state index is 9.78. The molecule has 0 aliphatic rings. The number of aryl methyl sites for hydroxylation is 2. The number of aliphatic hydroxyl groups excluding tert-OH is 1. The number of aromatic nitrogens is 1. The van der Waals surface area contributed by atoms with E-state index in [2.05, 4.69) is 61.0 Å². The van der Waals surface area contributed by atoms with Crippen LogP contribution in [0.25, 0.3) is 22.2 Å². The van der Waals surface area contributed by atoms with Gasteiger partial charge in [0.25, 0.3) is 0 Å². The van der Waals surface area contributed by atoms with Crippen molar-refractivity contribution in [2.24, 2.45) is 7.05 Å². The van der Waals surface area contributed by atoms with Crippen LogP contribution >= 0.6 is 0 Å². The number of rotatable bonds is 7. The quantitative estimate of drug-likeness (QED) is 0.712. The predicted molar refractivity (Wildman–Crippen MR) is 101 cm³/mol. The van der Waals surface area contributed by atoms with E-state index in [-0.39, 0.29) is 13.2 Å². The smallest absolute Gasteiger partial charge is 0.120 e. The first kappa shape index (κ1) is 17.5. The molecule has 0 amide bonds. The van der Waals surface area contributed by atoms with Gasteiger partial charge in [0, 0.05) is 36.3 Å². The lowest BCUT2D eigenvalue weighted by molar-refractivity contribution is 0.0325. The summed E-state index contributed by atoms with van der Waals surface area (Å²) >= 11 is 0. The van der Waals surface area contributed by atoms with Crippen LogP contribution in [0.5, 0.6) is 5.75 Å². The van der Waals surface area contributed by atoms with Gasteiger partial charge in [0.2, 0.25) is 0 Å². The Bertz CT molecular complexity index is 853. The molecule has 1 atom stereocenters. The molecule has 0 fully saturated rings. The number of fused-ring (bicyclic) bond motifs is 1. The lowest BCUT2D eigenvalue weighted by Gasteiger charge is -2.15. The number of methoxy groups -OCH3 is 1. The van der Waals surface area contributed by atoms with Crippen molar-refractivity contribution in [3.63, 3.8) is 0 Å². The second kappa shape index (κ2) is 7.72. The number of ether oxygens (including phenoxy) is 2. The summed E-state index contributed by atoms with van der Waals surface area (Å²) in [4.78, 5) is 0. The standard InChI is InChI=1S/C21H25NO3/c1-4-15-9-10-18(25-14-17(23)13-24-3)12-19(15)21-11-16-7-5-6-8-20(16)22(21)2/h5-12,17,23H,4,13-14H2,1-3H3. The van der Waals surface area contributed by atoms with Crippen molar-refractivity contribution < 1.29 is 14.6 Å². The Morgan fingerprint density at radius 3 is 2.60 bits per heavy atom. The van der Waals surface area contributed by atoms with Gasteiger partial charge in [-0.15, -0.1) is 0 Å². The monoisotopic (exact) mass is 339 g/mol. The van der Waals surface area contributed by atoms with Gasteiger partial charge in [-0.1, -0.05) is 31.2 Å². The number of aliphatic hydroxyl groups is 1. The predicted octanol–water partition coefficient (Wildman–Crippen LogP) is 3.79. The van der Waals surface area contributed by atoms with Gasteiger partial charge in [-0.05, 0) is 36.2 Å². The first-order valence-electron chi connectivity index (χ1n) is 8.61. The molecular weight excluding hydrogens is 314 g/mol. The molecule has 4 nitrogen and oxygen atoms in total. The topological polar surface area (TPSA) is 43.6 Å². The molecule has 2 aromatic carbocycles. The summed E-state index contributed by atoms with van der Waals surface area (Å²) in [6.45, 7) is 2.64. The molecule has 0 spiro atoms. The average Bonchev–Trinajstić information content (AvgIpc) is 2.97. The third-order valence-corrected chi connectivity index (χ3v) is 4.49. The molecule has 4 heteroatoms. The molecule has 0 bridgehead atoms. The molecule has 0 saturated heterocycles. The van der Waals surface area contributed by atoms with Gasteiger partial charge in [0.05, 0.1) is 6.61 Å². The molecule has 0 saturated carbocycles. The van der Waals surface area contributed by atoms with E-state index in [1.54, 1.807) is 7.11 Å². The highest BCUT2D eigenvalue weighted by molar-refractivity contribution is 5.87. The average molecular weight is 339 g/mol. The Labute approximate surface area is 148 Å². The molecule has 0 aliphatic carbocycles. The second-order valence-electron chi connectivity index (χ2n) is 6.24. The highest BCUT2D eigenvalue weighted by Crippen LogP contribution is 2.32. The molecule has 1 heterocycles. The van der Waals surface area contributed by atoms with Crippen LogP contribution in [0.4, 0.5) is 0 Å². The fourth-order valence-corrected chi connectivity index (χ4v) is 3.17. The van der Waals surface area contributed by atoms with Crippen molar-refractivity contribution in [3.8, 4) is 17.0 Å². The molecule has 1 unspecified atom stereocenters. The molecule has 3 aromatic rings. The van der Waals surface area contributed by atoms with Gasteiger partial charge >= 0.3 is 0 Å². The Morgan fingerprint density at radius 1 is 1.08 bits per heavy atom. The minimum absolute atomic E-state index is 0.216. The molecule has 1 aromatic heterocycles. The third-order valence-electron chi connectivity index (χ3n) is 4.49. The van der Waals surface area contributed by atoms with Crippen molar-refractivity contribution in [1.82, 2.24) is 4.57 Å². The molecule has 25 heavy (non-hydrogen) atoms. The van der Waals surface area contributed by atoms with Crippen LogP contribution in [-0.2, 0) is 18.2 Å². The minimum Gasteiger partial charge on any atom is -0.491 e. The fraction of sp³-hybridized carbons (Fsp3) is 0.333. The summed E-state index contributed by atoms with van der Waals surface area (Å²) in [6.07, 6.45) is 0.320. The molecule has 1 N–H and O–H groups in total. The van der Waals surface area contributed by atoms with E-state index in [9.17, 15) is 5.11 Å². The van der Waals surface area contributed by atoms with E-state index in [0.29, 0.717) is 0 Å². The summed E-state index contributed by atoms with van der Waals surface area (Å²) in [5.41, 5.74) is 4.82. The molecule has 0 radical (unpaired) electrons. The highest BCUT2D eigenvalue weighted by Gasteiger charge is 2.13. The Kier molecular flexibility index (Phi) is 5.41. The maximum absolute atomic E-state index is 9.78. The van der Waals surface area contributed by atoms with Crippen LogP contribution in [-0.4, -0.2) is 36.1 Å². The highest BCUT2D eigenvalue weighted by atomic mass is 16.5. The van der Waals surface area contributed by atoms with Gasteiger partial charge in [0.1, 0.15) is 18.5 Å². The summed E-state index contributed by atoms with van der Waals surface area (Å²) in [5, 5.41) is 11.0. The number of hydrogen-bond acceptors (Lipinski definition) is 3. The zero-order valence-electron chi connectivity index (χ0n) is 15.0. The maximum Gasteiger partial charge on any atom is 0.120 e. The third kappa shape index (κ3) is 3.70. The molecule has 3 rings (SSSR count). The van der Waals surface area contributed by atoms with E-state index in [4.69, 9.17) is 9.47 Å². The van der Waals surface area contributed by atoms with Crippen molar-refractivity contribution >= 4 is 10.9 Å². The summed E-state index contributed by atoms with van der Waals surface area (Å²) in [5.74, 6) is 0.757. The van der Waals surface area contributed by atoms with Crippen LogP contribution in [0.15, 0.2) is 48.5 Å². The second-order valence-corrected chi connectivity index (χ2v) is 6.24. The summed E-state index contributed by atoms with van der Waals surface area (Å²) in [6, 6.07) is 16.7. The van der Waals surface area contributed by atoms with Crippen LogP contribution in [0.2, 0.25) is 0 Å². The molecule has 132 valence electrons. The zero-order chi connectivity index (χ0) is 17.8. The molecular formula is C21H25NO3. The van der Waals surface area contributed by atoms with Crippen LogP contribution in [0, 0.1) is 0 Å². The largest absolute Gasteiger partial charge is 0.491 e. The van der Waals surface area contributed by atoms with Crippen molar-refractivity contribution in [2.45, 2.75) is 19.4 Å². The zero-order valence-corrected chi connectivity index (χ0v) is 15.0. The van der Waals surface area contributed by atoms with Gasteiger partial charge in [0.15, 0.2) is 0 Å². The van der Waals surface area contributed by atoms with E-state index in [1.807, 2.05) is 6.07 Å². The van der Waals surface area contributed by atoms with E-state index in [0.717, 1.165) is 12.2 Å². The van der Waals surface area contributed by atoms with Crippen LogP contribution in [0.3, 0.4) is 0 Å². The van der Waals surface area contributed by atoms with Crippen molar-refractivity contribution in [1.29, 1.82) is 0 Å². The van der Waals surface area contributed by atoms with Gasteiger partial charge in [-0.2, -0.15) is 0 Å². The summed E-state index contributed by atoms with van der Waals surface area (Å²) in [7, 11) is 3.66. The molecule has 0 aliphatic heterocycles. The first-order valence-corrected chi connectivity index (χ1v) is 8.61. The first-order chi connectivity index (χ1) is 12.1. The fourth-order valence-electron chi connectivity index (χ4n) is 3.17. The van der Waals surface area contributed by atoms with Crippen molar-refractivity contribution in [3.05, 3.63) is 54.1 Å². The number of nitrogens with zero attached hydrogens (tertiary/aromatic N) is 1. The normalized spacial score (nSPS) is 12.5. The minimum atomic E-state index is -0.628. The van der Waals surface area contributed by atoms with Crippen LogP contribution < -0.4 is 4.74 Å². The SMILES string of the molecule is CCc1ccc(OCC(O)COC)cc1-c1cc2ccccc2n1C. The van der Waals surface area contributed by atoms with E-state index >= 15 is 0 Å². The van der Waals surface area contributed by atoms with Gasteiger partial charge in [-0.3, -0.25) is 0 Å². The number of benzene rings is 2. The van der Waals surface area contributed by atoms with Crippen molar-refractivity contribution in [2.75, 3.05) is 20.3 Å². The lowest BCUT2D eigenvalue weighted by Crippen LogP contribution is -2.22. The Balaban J connectivity index is 1.96. The number of hydrogen-bond donors (Lipinski definition) is 1. The van der Waals surface area contributed by atoms with E-state index in [1.165, 1.54) is 27.7 Å². The van der Waals surface area contributed by atoms with Crippen LogP contribution in [0.1, 0.15) is 12.5 Å².